The predicted octanol–water partition coefficient (Wildman–Crippen LogP) is 2.93. The van der Waals surface area contributed by atoms with E-state index in [1.165, 1.54) is 12.1 Å². The van der Waals surface area contributed by atoms with Gasteiger partial charge in [-0.05, 0) is 29.8 Å². The molecular formula is C24H22FN7O. The Hall–Kier alpha value is -3.98. The lowest BCUT2D eigenvalue weighted by Crippen LogP contribution is -2.43. The average molecular weight is 443 g/mol. The number of halogens is 1. The number of fused-ring (bicyclic) bond motifs is 2. The number of imidazole rings is 1. The molecule has 0 bridgehead atoms. The summed E-state index contributed by atoms with van der Waals surface area (Å²) in [4.78, 5) is 24.1. The van der Waals surface area contributed by atoms with Gasteiger partial charge in [-0.1, -0.05) is 12.1 Å². The number of nitrogens with one attached hydrogen (secondary N) is 3. The number of benzene rings is 1. The van der Waals surface area contributed by atoms with Gasteiger partial charge in [0.05, 0.1) is 23.1 Å². The SMILES string of the molecule is O=C1NCc2c(-c3cnc4cc(F)ccn34)ccc(Nc3cccc(N4CCNCC4)n3)c21. The molecule has 2 aliphatic rings. The molecule has 1 amide bonds. The highest BCUT2D eigenvalue weighted by atomic mass is 19.1. The molecular weight excluding hydrogens is 421 g/mol. The van der Waals surface area contributed by atoms with Crippen molar-refractivity contribution in [3.63, 3.8) is 0 Å². The van der Waals surface area contributed by atoms with E-state index >= 15 is 0 Å². The van der Waals surface area contributed by atoms with Crippen molar-refractivity contribution in [2.45, 2.75) is 6.54 Å². The fraction of sp³-hybridized carbons (Fsp3) is 0.208. The molecule has 5 heterocycles. The van der Waals surface area contributed by atoms with Gasteiger partial charge in [-0.2, -0.15) is 0 Å². The third-order valence-electron chi connectivity index (χ3n) is 6.16. The molecule has 1 saturated heterocycles. The first kappa shape index (κ1) is 19.7. The van der Waals surface area contributed by atoms with Gasteiger partial charge in [0.2, 0.25) is 0 Å². The van der Waals surface area contributed by atoms with Crippen LogP contribution in [0.1, 0.15) is 15.9 Å². The molecule has 0 spiro atoms. The average Bonchev–Trinajstić information content (AvgIpc) is 3.44. The maximum Gasteiger partial charge on any atom is 0.254 e. The smallest absolute Gasteiger partial charge is 0.254 e. The molecule has 1 aromatic carbocycles. The van der Waals surface area contributed by atoms with Gasteiger partial charge in [0.25, 0.3) is 5.91 Å². The Morgan fingerprint density at radius 1 is 1.09 bits per heavy atom. The quantitative estimate of drug-likeness (QED) is 0.450. The highest BCUT2D eigenvalue weighted by Crippen LogP contribution is 2.35. The van der Waals surface area contributed by atoms with Crippen molar-refractivity contribution < 1.29 is 9.18 Å². The largest absolute Gasteiger partial charge is 0.354 e. The van der Waals surface area contributed by atoms with Gasteiger partial charge < -0.3 is 20.9 Å². The number of aromatic nitrogens is 3. The number of carbonyl (C=O) groups excluding carboxylic acids is 1. The Morgan fingerprint density at radius 2 is 1.97 bits per heavy atom. The molecule has 8 nitrogen and oxygen atoms in total. The minimum Gasteiger partial charge on any atom is -0.354 e. The zero-order chi connectivity index (χ0) is 22.4. The van der Waals surface area contributed by atoms with Gasteiger partial charge in [-0.25, -0.2) is 14.4 Å². The van der Waals surface area contributed by atoms with Crippen molar-refractivity contribution in [1.82, 2.24) is 25.0 Å². The van der Waals surface area contributed by atoms with Gasteiger partial charge in [0, 0.05) is 50.6 Å². The van der Waals surface area contributed by atoms with Gasteiger partial charge in [-0.15, -0.1) is 0 Å². The second kappa shape index (κ2) is 7.86. The number of pyridine rings is 2. The van der Waals surface area contributed by atoms with Crippen LogP contribution in [-0.4, -0.2) is 46.5 Å². The maximum absolute atomic E-state index is 13.6. The van der Waals surface area contributed by atoms with Crippen LogP contribution in [0.15, 0.2) is 54.9 Å². The molecule has 9 heteroatoms. The third kappa shape index (κ3) is 3.46. The van der Waals surface area contributed by atoms with Crippen molar-refractivity contribution in [2.24, 2.45) is 0 Å². The topological polar surface area (TPSA) is 86.6 Å². The molecule has 166 valence electrons. The Balaban J connectivity index is 1.37. The van der Waals surface area contributed by atoms with E-state index in [0.717, 1.165) is 48.8 Å². The predicted molar refractivity (Wildman–Crippen MR) is 124 cm³/mol. The Bertz CT molecular complexity index is 1380. The summed E-state index contributed by atoms with van der Waals surface area (Å²) < 4.78 is 15.4. The van der Waals surface area contributed by atoms with Crippen LogP contribution in [0.4, 0.5) is 21.7 Å². The van der Waals surface area contributed by atoms with Crippen LogP contribution in [0.25, 0.3) is 16.9 Å². The first-order chi connectivity index (χ1) is 16.2. The summed E-state index contributed by atoms with van der Waals surface area (Å²) >= 11 is 0. The summed E-state index contributed by atoms with van der Waals surface area (Å²) in [6.07, 6.45) is 3.36. The monoisotopic (exact) mass is 443 g/mol. The molecule has 3 N–H and O–H groups in total. The van der Waals surface area contributed by atoms with Gasteiger partial charge in [-0.3, -0.25) is 9.20 Å². The zero-order valence-corrected chi connectivity index (χ0v) is 17.8. The number of carbonyl (C=O) groups is 1. The zero-order valence-electron chi connectivity index (χ0n) is 17.8. The number of nitrogens with zero attached hydrogens (tertiary/aromatic N) is 4. The summed E-state index contributed by atoms with van der Waals surface area (Å²) in [6, 6.07) is 12.5. The molecule has 2 aliphatic heterocycles. The molecule has 0 aliphatic carbocycles. The van der Waals surface area contributed by atoms with Crippen LogP contribution in [-0.2, 0) is 6.54 Å². The molecule has 1 fully saturated rings. The number of hydrogen-bond donors (Lipinski definition) is 3. The Morgan fingerprint density at radius 3 is 2.85 bits per heavy atom. The molecule has 0 unspecified atom stereocenters. The van der Waals surface area contributed by atoms with Crippen molar-refractivity contribution in [3.05, 3.63) is 71.8 Å². The standard InChI is InChI=1S/C24H22FN7O/c25-15-6-9-32-19(14-27-22(32)12-15)16-4-5-18(23-17(16)13-28-24(23)33)29-20-2-1-3-21(30-20)31-10-7-26-8-11-31/h1-6,9,12,14,26H,7-8,10-11,13H2,(H,28,33)(H,29,30). The highest BCUT2D eigenvalue weighted by Gasteiger charge is 2.27. The first-order valence-corrected chi connectivity index (χ1v) is 10.9. The fourth-order valence-electron chi connectivity index (χ4n) is 4.55. The number of rotatable bonds is 4. The molecule has 0 atom stereocenters. The lowest BCUT2D eigenvalue weighted by atomic mass is 9.99. The lowest BCUT2D eigenvalue weighted by molar-refractivity contribution is 0.0966. The second-order valence-electron chi connectivity index (χ2n) is 8.16. The third-order valence-corrected chi connectivity index (χ3v) is 6.16. The molecule has 33 heavy (non-hydrogen) atoms. The van der Waals surface area contributed by atoms with E-state index in [0.29, 0.717) is 29.3 Å². The van der Waals surface area contributed by atoms with Crippen LogP contribution < -0.4 is 20.9 Å². The van der Waals surface area contributed by atoms with Crippen molar-refractivity contribution >= 4 is 28.9 Å². The summed E-state index contributed by atoms with van der Waals surface area (Å²) in [5.41, 5.74) is 4.40. The van der Waals surface area contributed by atoms with Crippen LogP contribution in [0, 0.1) is 5.82 Å². The van der Waals surface area contributed by atoms with E-state index in [1.807, 2.05) is 34.7 Å². The fourth-order valence-corrected chi connectivity index (χ4v) is 4.55. The number of anilines is 3. The Kier molecular flexibility index (Phi) is 4.69. The van der Waals surface area contributed by atoms with Crippen LogP contribution in [0.3, 0.4) is 0 Å². The maximum atomic E-state index is 13.6. The lowest BCUT2D eigenvalue weighted by Gasteiger charge is -2.28. The minimum atomic E-state index is -0.336. The molecule has 4 aromatic rings. The summed E-state index contributed by atoms with van der Waals surface area (Å²) in [6.45, 7) is 4.11. The van der Waals surface area contributed by atoms with Crippen molar-refractivity contribution in [2.75, 3.05) is 36.4 Å². The Labute approximate surface area is 189 Å². The van der Waals surface area contributed by atoms with E-state index in [4.69, 9.17) is 4.98 Å². The van der Waals surface area contributed by atoms with E-state index in [2.05, 4.69) is 25.8 Å². The van der Waals surface area contributed by atoms with Gasteiger partial charge in [0.15, 0.2) is 0 Å². The second-order valence-corrected chi connectivity index (χ2v) is 8.16. The highest BCUT2D eigenvalue weighted by molar-refractivity contribution is 6.06. The van der Waals surface area contributed by atoms with Crippen LogP contribution >= 0.6 is 0 Å². The molecule has 0 radical (unpaired) electrons. The summed E-state index contributed by atoms with van der Waals surface area (Å²) in [5, 5.41) is 9.62. The van der Waals surface area contributed by atoms with Crippen molar-refractivity contribution in [1.29, 1.82) is 0 Å². The molecule has 0 saturated carbocycles. The van der Waals surface area contributed by atoms with Crippen molar-refractivity contribution in [3.8, 4) is 11.3 Å². The number of hydrogen-bond acceptors (Lipinski definition) is 6. The summed E-state index contributed by atoms with van der Waals surface area (Å²) in [7, 11) is 0. The van der Waals surface area contributed by atoms with Gasteiger partial charge >= 0.3 is 0 Å². The van der Waals surface area contributed by atoms with E-state index < -0.39 is 0 Å². The van der Waals surface area contributed by atoms with Gasteiger partial charge in [0.1, 0.15) is 23.1 Å². The van der Waals surface area contributed by atoms with Crippen LogP contribution in [0.2, 0.25) is 0 Å². The molecule has 6 rings (SSSR count). The van der Waals surface area contributed by atoms with E-state index in [9.17, 15) is 9.18 Å². The number of amides is 1. The first-order valence-electron chi connectivity index (χ1n) is 10.9. The normalized spacial score (nSPS) is 15.5. The van der Waals surface area contributed by atoms with Crippen LogP contribution in [0.5, 0.6) is 0 Å². The van der Waals surface area contributed by atoms with E-state index in [-0.39, 0.29) is 11.7 Å². The summed E-state index contributed by atoms with van der Waals surface area (Å²) in [5.74, 6) is 1.13. The number of piperazine rings is 1. The van der Waals surface area contributed by atoms with E-state index in [1.54, 1.807) is 12.4 Å². The minimum absolute atomic E-state index is 0.132. The molecule has 3 aromatic heterocycles.